The van der Waals surface area contributed by atoms with Crippen molar-refractivity contribution in [2.24, 2.45) is 0 Å². The standard InChI is InChI=1S/C19H19N5O4S/c1-20-16(25)15-9-12(4-5-21-15)28-13-3-2-6-23(11-13)17(26)14-10-22-19-24(18(14)27)7-8-29-19/h4-5,7-10,13H,2-3,6,11H2,1H3,(H,20,25)/t13-/m1/s1. The van der Waals surface area contributed by atoms with Crippen LogP contribution < -0.4 is 15.6 Å². The van der Waals surface area contributed by atoms with Crippen LogP contribution in [0.1, 0.15) is 33.7 Å². The van der Waals surface area contributed by atoms with Crippen LogP contribution in [0.25, 0.3) is 4.96 Å². The van der Waals surface area contributed by atoms with E-state index in [0.717, 1.165) is 12.8 Å². The third-order valence-corrected chi connectivity index (χ3v) is 5.50. The fraction of sp³-hybridized carbons (Fsp3) is 0.316. The van der Waals surface area contributed by atoms with Crippen LogP contribution in [0.15, 0.2) is 40.9 Å². The number of nitrogens with one attached hydrogen (secondary N) is 1. The summed E-state index contributed by atoms with van der Waals surface area (Å²) in [6.07, 6.45) is 5.74. The summed E-state index contributed by atoms with van der Waals surface area (Å²) < 4.78 is 7.37. The van der Waals surface area contributed by atoms with Crippen molar-refractivity contribution in [3.8, 4) is 5.75 Å². The normalized spacial score (nSPS) is 16.6. The molecule has 0 aliphatic carbocycles. The molecule has 1 aliphatic rings. The van der Waals surface area contributed by atoms with Crippen LogP contribution in [0.4, 0.5) is 0 Å². The molecular weight excluding hydrogens is 394 g/mol. The maximum absolute atomic E-state index is 12.9. The lowest BCUT2D eigenvalue weighted by Crippen LogP contribution is -2.46. The van der Waals surface area contributed by atoms with Gasteiger partial charge in [0.15, 0.2) is 4.96 Å². The number of piperidine rings is 1. The number of fused-ring (bicyclic) bond motifs is 1. The highest BCUT2D eigenvalue weighted by Crippen LogP contribution is 2.20. The number of ether oxygens (including phenoxy) is 1. The van der Waals surface area contributed by atoms with E-state index in [9.17, 15) is 14.4 Å². The van der Waals surface area contributed by atoms with E-state index in [0.29, 0.717) is 23.8 Å². The molecule has 3 aromatic heterocycles. The molecule has 29 heavy (non-hydrogen) atoms. The van der Waals surface area contributed by atoms with Gasteiger partial charge >= 0.3 is 0 Å². The Balaban J connectivity index is 1.49. The first-order chi connectivity index (χ1) is 14.1. The third kappa shape index (κ3) is 3.83. The van der Waals surface area contributed by atoms with Gasteiger partial charge in [-0.3, -0.25) is 23.8 Å². The van der Waals surface area contributed by atoms with Crippen molar-refractivity contribution in [2.75, 3.05) is 20.1 Å². The molecule has 150 valence electrons. The van der Waals surface area contributed by atoms with Gasteiger partial charge in [-0.1, -0.05) is 0 Å². The molecule has 2 amide bonds. The summed E-state index contributed by atoms with van der Waals surface area (Å²) in [4.78, 5) is 47.6. The molecule has 1 saturated heterocycles. The molecule has 0 saturated carbocycles. The number of thiazole rings is 1. The van der Waals surface area contributed by atoms with Gasteiger partial charge in [0.2, 0.25) is 0 Å². The van der Waals surface area contributed by atoms with Crippen molar-refractivity contribution in [3.05, 3.63) is 57.7 Å². The number of nitrogens with zero attached hydrogens (tertiary/aromatic N) is 4. The van der Waals surface area contributed by atoms with Gasteiger partial charge in [0.05, 0.1) is 6.54 Å². The van der Waals surface area contributed by atoms with Gasteiger partial charge < -0.3 is 15.0 Å². The fourth-order valence-corrected chi connectivity index (χ4v) is 3.96. The summed E-state index contributed by atoms with van der Waals surface area (Å²) >= 11 is 1.34. The minimum absolute atomic E-state index is 0.0485. The Kier molecular flexibility index (Phi) is 5.26. The Labute approximate surface area is 170 Å². The zero-order valence-corrected chi connectivity index (χ0v) is 16.5. The molecule has 0 spiro atoms. The summed E-state index contributed by atoms with van der Waals surface area (Å²) in [7, 11) is 1.53. The Bertz CT molecular complexity index is 1120. The Morgan fingerprint density at radius 3 is 3.03 bits per heavy atom. The molecule has 1 aliphatic heterocycles. The smallest absolute Gasteiger partial charge is 0.271 e. The van der Waals surface area contributed by atoms with Crippen LogP contribution in [-0.4, -0.2) is 57.3 Å². The number of amides is 2. The van der Waals surface area contributed by atoms with Crippen molar-refractivity contribution in [1.29, 1.82) is 0 Å². The molecule has 9 nitrogen and oxygen atoms in total. The van der Waals surface area contributed by atoms with E-state index in [1.54, 1.807) is 28.6 Å². The second kappa shape index (κ2) is 8.00. The number of pyridine rings is 1. The summed E-state index contributed by atoms with van der Waals surface area (Å²) in [5.41, 5.74) is -0.0575. The van der Waals surface area contributed by atoms with E-state index in [1.165, 1.54) is 35.2 Å². The molecule has 3 aromatic rings. The monoisotopic (exact) mass is 413 g/mol. The maximum Gasteiger partial charge on any atom is 0.271 e. The molecule has 0 bridgehead atoms. The van der Waals surface area contributed by atoms with Crippen LogP contribution in [0.5, 0.6) is 5.75 Å². The highest BCUT2D eigenvalue weighted by Gasteiger charge is 2.28. The quantitative estimate of drug-likeness (QED) is 0.689. The molecule has 1 atom stereocenters. The van der Waals surface area contributed by atoms with E-state index in [1.807, 2.05) is 0 Å². The van der Waals surface area contributed by atoms with Gasteiger partial charge in [0, 0.05) is 43.6 Å². The summed E-state index contributed by atoms with van der Waals surface area (Å²) in [5, 5.41) is 4.28. The molecule has 10 heteroatoms. The van der Waals surface area contributed by atoms with Crippen molar-refractivity contribution < 1.29 is 14.3 Å². The minimum atomic E-state index is -0.367. The lowest BCUT2D eigenvalue weighted by molar-refractivity contribution is 0.0535. The number of hydrogen-bond donors (Lipinski definition) is 1. The Morgan fingerprint density at radius 1 is 1.34 bits per heavy atom. The van der Waals surface area contributed by atoms with Gasteiger partial charge in [-0.05, 0) is 18.9 Å². The summed E-state index contributed by atoms with van der Waals surface area (Å²) in [6, 6.07) is 3.24. The van der Waals surface area contributed by atoms with E-state index >= 15 is 0 Å². The van der Waals surface area contributed by atoms with Gasteiger partial charge in [0.1, 0.15) is 23.1 Å². The highest BCUT2D eigenvalue weighted by atomic mass is 32.1. The average molecular weight is 413 g/mol. The molecule has 4 rings (SSSR count). The summed E-state index contributed by atoms with van der Waals surface area (Å²) in [5.74, 6) is -0.135. The van der Waals surface area contributed by atoms with E-state index in [-0.39, 0.29) is 34.7 Å². The second-order valence-corrected chi connectivity index (χ2v) is 7.49. The van der Waals surface area contributed by atoms with Crippen molar-refractivity contribution in [2.45, 2.75) is 18.9 Å². The molecule has 1 N–H and O–H groups in total. The number of likely N-dealkylation sites (tertiary alicyclic amines) is 1. The molecular formula is C19H19N5O4S. The topological polar surface area (TPSA) is 106 Å². The molecule has 0 unspecified atom stereocenters. The zero-order chi connectivity index (χ0) is 20.4. The van der Waals surface area contributed by atoms with Gasteiger partial charge in [-0.2, -0.15) is 0 Å². The fourth-order valence-electron chi connectivity index (χ4n) is 3.29. The van der Waals surface area contributed by atoms with Crippen molar-refractivity contribution in [1.82, 2.24) is 24.6 Å². The van der Waals surface area contributed by atoms with Crippen LogP contribution in [0, 0.1) is 0 Å². The molecule has 0 radical (unpaired) electrons. The van der Waals surface area contributed by atoms with Gasteiger partial charge in [-0.25, -0.2) is 4.98 Å². The molecule has 0 aromatic carbocycles. The molecule has 1 fully saturated rings. The second-order valence-electron chi connectivity index (χ2n) is 6.62. The number of aromatic nitrogens is 3. The average Bonchev–Trinajstić information content (AvgIpc) is 3.23. The largest absolute Gasteiger partial charge is 0.488 e. The minimum Gasteiger partial charge on any atom is -0.488 e. The predicted octanol–water partition coefficient (Wildman–Crippen LogP) is 1.19. The predicted molar refractivity (Wildman–Crippen MR) is 107 cm³/mol. The first-order valence-corrected chi connectivity index (χ1v) is 10.0. The number of carbonyl (C=O) groups excluding carboxylic acids is 2. The maximum atomic E-state index is 12.9. The van der Waals surface area contributed by atoms with E-state index in [2.05, 4.69) is 15.3 Å². The number of carbonyl (C=O) groups is 2. The number of rotatable bonds is 4. The van der Waals surface area contributed by atoms with E-state index < -0.39 is 0 Å². The lowest BCUT2D eigenvalue weighted by Gasteiger charge is -2.32. The van der Waals surface area contributed by atoms with Crippen LogP contribution in [0.2, 0.25) is 0 Å². The van der Waals surface area contributed by atoms with E-state index in [4.69, 9.17) is 4.74 Å². The Hall–Kier alpha value is -3.27. The summed E-state index contributed by atoms with van der Waals surface area (Å²) in [6.45, 7) is 0.895. The van der Waals surface area contributed by atoms with Crippen LogP contribution >= 0.6 is 11.3 Å². The number of hydrogen-bond acceptors (Lipinski definition) is 7. The first kappa shape index (κ1) is 19.1. The van der Waals surface area contributed by atoms with Gasteiger partial charge in [-0.15, -0.1) is 11.3 Å². The highest BCUT2D eigenvalue weighted by molar-refractivity contribution is 7.15. The lowest BCUT2D eigenvalue weighted by atomic mass is 10.1. The third-order valence-electron chi connectivity index (χ3n) is 4.73. The first-order valence-electron chi connectivity index (χ1n) is 9.15. The van der Waals surface area contributed by atoms with Crippen molar-refractivity contribution >= 4 is 28.1 Å². The van der Waals surface area contributed by atoms with Crippen molar-refractivity contribution in [3.63, 3.8) is 0 Å². The SMILES string of the molecule is CNC(=O)c1cc(O[C@@H]2CCCN(C(=O)c3cnc4sccn4c3=O)C2)ccn1. The van der Waals surface area contributed by atoms with Gasteiger partial charge in [0.25, 0.3) is 17.4 Å². The van der Waals surface area contributed by atoms with Crippen LogP contribution in [0.3, 0.4) is 0 Å². The Morgan fingerprint density at radius 2 is 2.21 bits per heavy atom. The van der Waals surface area contributed by atoms with Crippen LogP contribution in [-0.2, 0) is 0 Å². The molecule has 4 heterocycles. The zero-order valence-electron chi connectivity index (χ0n) is 15.7.